The fraction of sp³-hybridized carbons (Fsp3) is 0. The largest absolute Gasteiger partial charge is 0.263 e. The number of hydrogen-bond donors (Lipinski definition) is 0. The van der Waals surface area contributed by atoms with Gasteiger partial charge in [0.25, 0.3) is 0 Å². The summed E-state index contributed by atoms with van der Waals surface area (Å²) in [6, 6.07) is 8.15. The van der Waals surface area contributed by atoms with Gasteiger partial charge in [0, 0.05) is 22.3 Å². The van der Waals surface area contributed by atoms with Crippen molar-refractivity contribution in [2.24, 2.45) is 0 Å². The maximum atomic E-state index is 4.07. The third-order valence-corrected chi connectivity index (χ3v) is 2.25. The molecule has 1 aromatic carbocycles. The van der Waals surface area contributed by atoms with Gasteiger partial charge in [0.2, 0.25) is 0 Å². The fourth-order valence-electron chi connectivity index (χ4n) is 1.08. The van der Waals surface area contributed by atoms with E-state index in [1.807, 2.05) is 30.6 Å². The summed E-state index contributed by atoms with van der Waals surface area (Å²) in [5.41, 5.74) is 0. The molecule has 2 aromatic rings. The minimum absolute atomic E-state index is 0. The summed E-state index contributed by atoms with van der Waals surface area (Å²) in [6.07, 6.45) is 3.67. The van der Waals surface area contributed by atoms with E-state index in [1.165, 1.54) is 10.8 Å². The summed E-state index contributed by atoms with van der Waals surface area (Å²) < 4.78 is 1.05. The molecule has 70 valence electrons. The van der Waals surface area contributed by atoms with Gasteiger partial charge in [-0.2, -0.15) is 0 Å². The predicted molar refractivity (Wildman–Crippen MR) is 80.3 cm³/mol. The molecule has 13 heavy (non-hydrogen) atoms. The minimum Gasteiger partial charge on any atom is -0.263 e. The second-order valence-electron chi connectivity index (χ2n) is 2.34. The molecule has 1 heterocycles. The molecule has 0 saturated carbocycles. The molecular formula is C9H8BrI2N. The van der Waals surface area contributed by atoms with Crippen molar-refractivity contribution in [3.8, 4) is 0 Å². The van der Waals surface area contributed by atoms with Crippen molar-refractivity contribution < 1.29 is 0 Å². The molecule has 0 N–H and O–H groups in total. The summed E-state index contributed by atoms with van der Waals surface area (Å²) in [4.78, 5) is 4.07. The minimum atomic E-state index is 0. The Balaban J connectivity index is 0.000000720. The van der Waals surface area contributed by atoms with Crippen molar-refractivity contribution in [1.82, 2.24) is 4.98 Å². The number of rotatable bonds is 0. The van der Waals surface area contributed by atoms with Crippen molar-refractivity contribution in [2.45, 2.75) is 0 Å². The van der Waals surface area contributed by atoms with E-state index in [1.54, 1.807) is 0 Å². The first-order valence-electron chi connectivity index (χ1n) is 3.36. The van der Waals surface area contributed by atoms with Gasteiger partial charge < -0.3 is 0 Å². The Labute approximate surface area is 119 Å². The Kier molecular flexibility index (Phi) is 6.40. The zero-order valence-electron chi connectivity index (χ0n) is 6.61. The second-order valence-corrected chi connectivity index (χ2v) is 3.20. The molecule has 2 rings (SSSR count). The van der Waals surface area contributed by atoms with Crippen molar-refractivity contribution in [1.29, 1.82) is 0 Å². The van der Waals surface area contributed by atoms with Crippen molar-refractivity contribution in [3.05, 3.63) is 41.1 Å². The van der Waals surface area contributed by atoms with Gasteiger partial charge in [0.1, 0.15) is 0 Å². The van der Waals surface area contributed by atoms with Crippen LogP contribution in [-0.4, -0.2) is 4.98 Å². The quantitative estimate of drug-likeness (QED) is 0.533. The second kappa shape index (κ2) is 6.13. The zero-order chi connectivity index (χ0) is 7.68. The topological polar surface area (TPSA) is 12.9 Å². The van der Waals surface area contributed by atoms with Crippen molar-refractivity contribution in [2.75, 3.05) is 0 Å². The van der Waals surface area contributed by atoms with E-state index >= 15 is 0 Å². The third-order valence-electron chi connectivity index (χ3n) is 1.62. The van der Waals surface area contributed by atoms with Crippen LogP contribution in [0.5, 0.6) is 0 Å². The number of aromatic nitrogens is 1. The summed E-state index contributed by atoms with van der Waals surface area (Å²) in [5, 5.41) is 2.38. The molecule has 0 radical (unpaired) electrons. The summed E-state index contributed by atoms with van der Waals surface area (Å²) in [6.45, 7) is 0. The molecule has 0 fully saturated rings. The molecular weight excluding hydrogens is 456 g/mol. The molecule has 0 aliphatic carbocycles. The average Bonchev–Trinajstić information content (AvgIpc) is 2.06. The first-order valence-corrected chi connectivity index (χ1v) is 4.15. The van der Waals surface area contributed by atoms with Gasteiger partial charge in [-0.05, 0) is 21.3 Å². The predicted octanol–water partition coefficient (Wildman–Crippen LogP) is 4.23. The van der Waals surface area contributed by atoms with E-state index in [-0.39, 0.29) is 48.0 Å². The van der Waals surface area contributed by atoms with E-state index in [9.17, 15) is 0 Å². The number of benzene rings is 1. The van der Waals surface area contributed by atoms with Crippen molar-refractivity contribution >= 4 is 74.7 Å². The number of nitrogens with zero attached hydrogens (tertiary/aromatic N) is 1. The summed E-state index contributed by atoms with van der Waals surface area (Å²) in [7, 11) is 0. The number of pyridine rings is 1. The number of hydrogen-bond acceptors (Lipinski definition) is 1. The molecule has 0 bridgehead atoms. The van der Waals surface area contributed by atoms with Gasteiger partial charge in [-0.3, -0.25) is 4.98 Å². The molecule has 0 aliphatic rings. The molecule has 0 saturated heterocycles. The first kappa shape index (κ1) is 13.6. The highest BCUT2D eigenvalue weighted by Gasteiger charge is 1.94. The van der Waals surface area contributed by atoms with E-state index in [0.717, 1.165) is 4.47 Å². The Morgan fingerprint density at radius 1 is 1.00 bits per heavy atom. The average molecular weight is 464 g/mol. The molecule has 1 aromatic heterocycles. The van der Waals surface area contributed by atoms with E-state index < -0.39 is 0 Å². The van der Waals surface area contributed by atoms with Crippen LogP contribution >= 0.6 is 63.9 Å². The monoisotopic (exact) mass is 463 g/mol. The molecule has 0 aliphatic heterocycles. The van der Waals surface area contributed by atoms with Crippen LogP contribution in [0.1, 0.15) is 0 Å². The van der Waals surface area contributed by atoms with Crippen LogP contribution in [0, 0.1) is 0 Å². The Bertz CT molecular complexity index is 387. The van der Waals surface area contributed by atoms with Gasteiger partial charge >= 0.3 is 0 Å². The smallest absolute Gasteiger partial charge is 0.0437 e. The molecule has 1 nitrogen and oxygen atoms in total. The zero-order valence-corrected chi connectivity index (χ0v) is 12.9. The molecule has 0 amide bonds. The van der Waals surface area contributed by atoms with Crippen molar-refractivity contribution in [3.63, 3.8) is 0 Å². The van der Waals surface area contributed by atoms with Crippen LogP contribution in [0.4, 0.5) is 0 Å². The standard InChI is InChI=1S/C9H6BrN.2HI/c10-9-6-11-5-7-3-1-2-4-8(7)9;;/h1-6H;2*1H. The van der Waals surface area contributed by atoms with Crippen LogP contribution in [0.2, 0.25) is 0 Å². The van der Waals surface area contributed by atoms with Gasteiger partial charge in [0.05, 0.1) is 0 Å². The van der Waals surface area contributed by atoms with E-state index in [0.29, 0.717) is 0 Å². The Hall–Kier alpha value is 0.570. The van der Waals surface area contributed by atoms with Gasteiger partial charge in [0.15, 0.2) is 0 Å². The molecule has 4 heteroatoms. The summed E-state index contributed by atoms with van der Waals surface area (Å²) >= 11 is 3.43. The maximum absolute atomic E-state index is 4.07. The number of halogens is 3. The van der Waals surface area contributed by atoms with Gasteiger partial charge in [-0.15, -0.1) is 48.0 Å². The lowest BCUT2D eigenvalue weighted by molar-refractivity contribution is 1.35. The van der Waals surface area contributed by atoms with Crippen LogP contribution in [0.3, 0.4) is 0 Å². The lowest BCUT2D eigenvalue weighted by Gasteiger charge is -1.96. The first-order chi connectivity index (χ1) is 5.38. The highest BCUT2D eigenvalue weighted by Crippen LogP contribution is 2.21. The summed E-state index contributed by atoms with van der Waals surface area (Å²) in [5.74, 6) is 0. The van der Waals surface area contributed by atoms with E-state index in [2.05, 4.69) is 27.0 Å². The number of fused-ring (bicyclic) bond motifs is 1. The fourth-order valence-corrected chi connectivity index (χ4v) is 1.56. The lowest BCUT2D eigenvalue weighted by Crippen LogP contribution is -1.75. The SMILES string of the molecule is Brc1cncc2ccccc12.I.I. The Morgan fingerprint density at radius 2 is 1.69 bits per heavy atom. The van der Waals surface area contributed by atoms with Crippen LogP contribution < -0.4 is 0 Å². The normalized spacial score (nSPS) is 8.69. The third kappa shape index (κ3) is 3.02. The van der Waals surface area contributed by atoms with Crippen LogP contribution in [0.15, 0.2) is 41.1 Å². The highest BCUT2D eigenvalue weighted by atomic mass is 127. The van der Waals surface area contributed by atoms with E-state index in [4.69, 9.17) is 0 Å². The maximum Gasteiger partial charge on any atom is 0.0437 e. The molecule has 0 spiro atoms. The van der Waals surface area contributed by atoms with Gasteiger partial charge in [-0.25, -0.2) is 0 Å². The highest BCUT2D eigenvalue weighted by molar-refractivity contribution is 14.0. The lowest BCUT2D eigenvalue weighted by atomic mass is 10.2. The van der Waals surface area contributed by atoms with Crippen LogP contribution in [0.25, 0.3) is 10.8 Å². The molecule has 0 atom stereocenters. The van der Waals surface area contributed by atoms with Gasteiger partial charge in [-0.1, -0.05) is 24.3 Å². The molecule has 0 unspecified atom stereocenters. The van der Waals surface area contributed by atoms with Crippen LogP contribution in [-0.2, 0) is 0 Å². The Morgan fingerprint density at radius 3 is 2.38 bits per heavy atom.